The molecule has 1 heterocycles. The fourth-order valence-electron chi connectivity index (χ4n) is 1.37. The summed E-state index contributed by atoms with van der Waals surface area (Å²) in [5.41, 5.74) is 5.42. The second kappa shape index (κ2) is 9.01. The first kappa shape index (κ1) is 11.9. The Labute approximate surface area is 77.1 Å². The number of nitrogens with two attached hydrogens (primary N) is 1. The van der Waals surface area contributed by atoms with Gasteiger partial charge >= 0.3 is 0 Å². The van der Waals surface area contributed by atoms with Crippen LogP contribution >= 0.6 is 0 Å². The minimum absolute atomic E-state index is 0.819. The fourth-order valence-corrected chi connectivity index (χ4v) is 1.37. The van der Waals surface area contributed by atoms with Crippen LogP contribution in [-0.4, -0.2) is 31.1 Å². The van der Waals surface area contributed by atoms with Crippen molar-refractivity contribution in [3.63, 3.8) is 0 Å². The number of nitrogens with zero attached hydrogens (tertiary/aromatic N) is 1. The molecule has 1 rings (SSSR count). The molecule has 0 bridgehead atoms. The van der Waals surface area contributed by atoms with Crippen LogP contribution in [0.5, 0.6) is 0 Å². The molecule has 0 aromatic rings. The Kier molecular flexibility index (Phi) is 8.95. The highest BCUT2D eigenvalue weighted by Gasteiger charge is 2.07. The average Bonchev–Trinajstić information content (AvgIpc) is 2.08. The Balaban J connectivity index is 0.000000354. The fraction of sp³-hybridized carbons (Fsp3) is 1.00. The monoisotopic (exact) mass is 172 g/mol. The van der Waals surface area contributed by atoms with Crippen LogP contribution in [0.3, 0.4) is 0 Å². The number of likely N-dealkylation sites (tertiary alicyclic amines) is 1. The van der Waals surface area contributed by atoms with Crippen molar-refractivity contribution in [2.45, 2.75) is 39.5 Å². The zero-order chi connectivity index (χ0) is 9.23. The largest absolute Gasteiger partial charge is 0.329 e. The topological polar surface area (TPSA) is 29.3 Å². The van der Waals surface area contributed by atoms with E-state index in [2.05, 4.69) is 18.7 Å². The Morgan fingerprint density at radius 1 is 1.08 bits per heavy atom. The Bertz CT molecular complexity index is 75.2. The van der Waals surface area contributed by atoms with Crippen LogP contribution in [0.15, 0.2) is 0 Å². The summed E-state index contributed by atoms with van der Waals surface area (Å²) >= 11 is 0. The van der Waals surface area contributed by atoms with Gasteiger partial charge < -0.3 is 10.6 Å². The second-order valence-electron chi connectivity index (χ2n) is 3.40. The van der Waals surface area contributed by atoms with Gasteiger partial charge in [0.15, 0.2) is 0 Å². The zero-order valence-electron chi connectivity index (χ0n) is 8.68. The van der Waals surface area contributed by atoms with Crippen LogP contribution in [0, 0.1) is 0 Å². The first-order valence-corrected chi connectivity index (χ1v) is 5.27. The summed E-state index contributed by atoms with van der Waals surface area (Å²) in [5.74, 6) is 0. The van der Waals surface area contributed by atoms with E-state index in [-0.39, 0.29) is 0 Å². The lowest BCUT2D eigenvalue weighted by molar-refractivity contribution is 0.235. The molecule has 0 saturated carbocycles. The minimum Gasteiger partial charge on any atom is -0.329 e. The van der Waals surface area contributed by atoms with Gasteiger partial charge in [0.1, 0.15) is 0 Å². The van der Waals surface area contributed by atoms with Gasteiger partial charge in [-0.3, -0.25) is 0 Å². The van der Waals surface area contributed by atoms with Crippen LogP contribution < -0.4 is 5.73 Å². The molecule has 1 aliphatic heterocycles. The predicted molar refractivity (Wildman–Crippen MR) is 55.3 cm³/mol. The molecule has 0 radical (unpaired) electrons. The Morgan fingerprint density at radius 2 is 1.58 bits per heavy atom. The van der Waals surface area contributed by atoms with E-state index in [9.17, 15) is 0 Å². The molecule has 0 aromatic carbocycles. The molecule has 0 aromatic heterocycles. The Morgan fingerprint density at radius 3 is 2.00 bits per heavy atom. The van der Waals surface area contributed by atoms with Crippen molar-refractivity contribution < 1.29 is 0 Å². The molecule has 12 heavy (non-hydrogen) atoms. The van der Waals surface area contributed by atoms with Gasteiger partial charge in [-0.2, -0.15) is 0 Å². The van der Waals surface area contributed by atoms with Gasteiger partial charge in [-0.05, 0) is 25.9 Å². The van der Waals surface area contributed by atoms with Crippen LogP contribution in [0.1, 0.15) is 39.5 Å². The van der Waals surface area contributed by atoms with Gasteiger partial charge in [-0.25, -0.2) is 0 Å². The normalized spacial score (nSPS) is 18.2. The van der Waals surface area contributed by atoms with Crippen molar-refractivity contribution in [3.8, 4) is 0 Å². The van der Waals surface area contributed by atoms with Gasteiger partial charge in [0.05, 0.1) is 0 Å². The standard InChI is InChI=1S/C7H16N2.C3H8/c8-4-7-9-5-2-1-3-6-9;1-3-2/h1-8H2;3H2,1-2H3. The van der Waals surface area contributed by atoms with Crippen LogP contribution in [0.25, 0.3) is 0 Å². The molecule has 0 unspecified atom stereocenters. The maximum absolute atomic E-state index is 5.42. The highest BCUT2D eigenvalue weighted by molar-refractivity contribution is 4.63. The summed E-state index contributed by atoms with van der Waals surface area (Å²) in [6.07, 6.45) is 5.42. The van der Waals surface area contributed by atoms with E-state index in [0.29, 0.717) is 0 Å². The van der Waals surface area contributed by atoms with Gasteiger partial charge in [-0.15, -0.1) is 0 Å². The molecular formula is C10H24N2. The molecule has 0 aliphatic carbocycles. The number of hydrogen-bond acceptors (Lipinski definition) is 2. The van der Waals surface area contributed by atoms with Gasteiger partial charge in [0.25, 0.3) is 0 Å². The SMILES string of the molecule is CCC.NCCN1CCCCC1. The summed E-state index contributed by atoms with van der Waals surface area (Å²) in [4.78, 5) is 2.45. The molecule has 2 nitrogen and oxygen atoms in total. The van der Waals surface area contributed by atoms with E-state index in [1.165, 1.54) is 38.8 Å². The van der Waals surface area contributed by atoms with E-state index in [0.717, 1.165) is 13.1 Å². The van der Waals surface area contributed by atoms with Crippen LogP contribution in [0.2, 0.25) is 0 Å². The molecule has 74 valence electrons. The maximum Gasteiger partial charge on any atom is 0.0105 e. The molecule has 1 fully saturated rings. The molecule has 0 spiro atoms. The average molecular weight is 172 g/mol. The maximum atomic E-state index is 5.42. The minimum atomic E-state index is 0.819. The number of hydrogen-bond donors (Lipinski definition) is 1. The highest BCUT2D eigenvalue weighted by atomic mass is 15.1. The third kappa shape index (κ3) is 6.62. The smallest absolute Gasteiger partial charge is 0.0105 e. The predicted octanol–water partition coefficient (Wildman–Crippen LogP) is 1.85. The third-order valence-electron chi connectivity index (χ3n) is 1.89. The van der Waals surface area contributed by atoms with Crippen molar-refractivity contribution in [2.75, 3.05) is 26.2 Å². The lowest BCUT2D eigenvalue weighted by Crippen LogP contribution is -2.33. The van der Waals surface area contributed by atoms with E-state index >= 15 is 0 Å². The first-order chi connectivity index (χ1) is 5.85. The van der Waals surface area contributed by atoms with Crippen molar-refractivity contribution in [1.82, 2.24) is 4.90 Å². The highest BCUT2D eigenvalue weighted by Crippen LogP contribution is 2.06. The van der Waals surface area contributed by atoms with Crippen LogP contribution in [0.4, 0.5) is 0 Å². The summed E-state index contributed by atoms with van der Waals surface area (Å²) in [7, 11) is 0. The van der Waals surface area contributed by atoms with Gasteiger partial charge in [0.2, 0.25) is 0 Å². The van der Waals surface area contributed by atoms with Crippen molar-refractivity contribution in [1.29, 1.82) is 0 Å². The molecular weight excluding hydrogens is 148 g/mol. The summed E-state index contributed by atoms with van der Waals surface area (Å²) < 4.78 is 0. The molecule has 1 saturated heterocycles. The summed E-state index contributed by atoms with van der Waals surface area (Å²) in [6, 6.07) is 0. The second-order valence-corrected chi connectivity index (χ2v) is 3.40. The van der Waals surface area contributed by atoms with E-state index in [1.807, 2.05) is 0 Å². The van der Waals surface area contributed by atoms with E-state index < -0.39 is 0 Å². The molecule has 0 atom stereocenters. The van der Waals surface area contributed by atoms with E-state index in [1.54, 1.807) is 0 Å². The number of rotatable bonds is 2. The van der Waals surface area contributed by atoms with Gasteiger partial charge in [-0.1, -0.05) is 26.7 Å². The molecule has 2 heteroatoms. The lowest BCUT2D eigenvalue weighted by atomic mass is 10.1. The van der Waals surface area contributed by atoms with Gasteiger partial charge in [0, 0.05) is 13.1 Å². The first-order valence-electron chi connectivity index (χ1n) is 5.27. The summed E-state index contributed by atoms with van der Waals surface area (Å²) in [5, 5.41) is 0. The van der Waals surface area contributed by atoms with Crippen LogP contribution in [-0.2, 0) is 0 Å². The summed E-state index contributed by atoms with van der Waals surface area (Å²) in [6.45, 7) is 8.72. The molecule has 0 amide bonds. The Hall–Kier alpha value is -0.0800. The van der Waals surface area contributed by atoms with Crippen molar-refractivity contribution in [2.24, 2.45) is 5.73 Å². The van der Waals surface area contributed by atoms with Crippen molar-refractivity contribution in [3.05, 3.63) is 0 Å². The quantitative estimate of drug-likeness (QED) is 0.689. The zero-order valence-corrected chi connectivity index (χ0v) is 8.68. The third-order valence-corrected chi connectivity index (χ3v) is 1.89. The van der Waals surface area contributed by atoms with Crippen molar-refractivity contribution >= 4 is 0 Å². The van der Waals surface area contributed by atoms with E-state index in [4.69, 9.17) is 5.73 Å². The lowest BCUT2D eigenvalue weighted by Gasteiger charge is -2.25. The molecule has 1 aliphatic rings. The number of piperidine rings is 1. The molecule has 2 N–H and O–H groups in total.